The average Bonchev–Trinajstić information content (AvgIpc) is 1.98. The molecule has 3 N–H and O–H groups in total. The van der Waals surface area contributed by atoms with Gasteiger partial charge in [-0.3, -0.25) is 4.79 Å². The molecule has 4 nitrogen and oxygen atoms in total. The molecule has 1 heterocycles. The van der Waals surface area contributed by atoms with Crippen molar-refractivity contribution < 1.29 is 9.90 Å². The Morgan fingerprint density at radius 1 is 1.88 bits per heavy atom. The quantitative estimate of drug-likeness (QED) is 0.300. The highest BCUT2D eigenvalue weighted by atomic mass is 16.3. The first-order valence-corrected chi connectivity index (χ1v) is 2.16. The second-order valence-corrected chi connectivity index (χ2v) is 1.52. The third-order valence-electron chi connectivity index (χ3n) is 0.950. The first kappa shape index (κ1) is 5.27. The summed E-state index contributed by atoms with van der Waals surface area (Å²) < 4.78 is 0. The van der Waals surface area contributed by atoms with Crippen molar-refractivity contribution in [1.29, 1.82) is 0 Å². The fraction of sp³-hybridized carbons (Fsp3) is 0.250. The van der Waals surface area contributed by atoms with Crippen LogP contribution in [0.3, 0.4) is 0 Å². The summed E-state index contributed by atoms with van der Waals surface area (Å²) >= 11 is 0. The van der Waals surface area contributed by atoms with Gasteiger partial charge in [-0.1, -0.05) is 0 Å². The predicted molar refractivity (Wildman–Crippen MR) is 26.2 cm³/mol. The molecule has 0 aliphatic carbocycles. The van der Waals surface area contributed by atoms with Crippen molar-refractivity contribution in [3.63, 3.8) is 0 Å². The summed E-state index contributed by atoms with van der Waals surface area (Å²) in [6.07, 6.45) is 1.62. The maximum absolute atomic E-state index is 10.3. The molecule has 1 rings (SSSR count). The number of hydrazine groups is 1. The number of carbonyl (C=O) groups is 1. The molecule has 0 radical (unpaired) electrons. The Labute approximate surface area is 46.2 Å². The van der Waals surface area contributed by atoms with Crippen molar-refractivity contribution in [2.45, 2.75) is 6.23 Å². The van der Waals surface area contributed by atoms with E-state index in [0.29, 0.717) is 0 Å². The monoisotopic (exact) mass is 114 g/mol. The van der Waals surface area contributed by atoms with Crippen LogP contribution in [0.15, 0.2) is 12.2 Å². The molecule has 4 heteroatoms. The van der Waals surface area contributed by atoms with Crippen LogP contribution in [0.4, 0.5) is 0 Å². The Balaban J connectivity index is 2.69. The third-order valence-corrected chi connectivity index (χ3v) is 0.950. The standard InChI is InChI=1S/C4H6N2O2/c5-6-3(7)1-2-4(6)8/h1-3,7H,5H2. The lowest BCUT2D eigenvalue weighted by molar-refractivity contribution is -0.131. The first-order chi connectivity index (χ1) is 3.72. The van der Waals surface area contributed by atoms with Gasteiger partial charge in [0, 0.05) is 6.08 Å². The van der Waals surface area contributed by atoms with E-state index in [4.69, 9.17) is 10.9 Å². The van der Waals surface area contributed by atoms with E-state index in [9.17, 15) is 4.79 Å². The Bertz CT molecular complexity index is 143. The van der Waals surface area contributed by atoms with Crippen molar-refractivity contribution in [3.05, 3.63) is 12.2 Å². The van der Waals surface area contributed by atoms with Crippen LogP contribution in [0.2, 0.25) is 0 Å². The van der Waals surface area contributed by atoms with Gasteiger partial charge in [0.15, 0.2) is 6.23 Å². The zero-order valence-corrected chi connectivity index (χ0v) is 4.11. The third kappa shape index (κ3) is 0.595. The number of aliphatic hydroxyl groups excluding tert-OH is 1. The number of nitrogens with two attached hydrogens (primary N) is 1. The second kappa shape index (κ2) is 1.57. The van der Waals surface area contributed by atoms with Gasteiger partial charge in [0.25, 0.3) is 5.91 Å². The maximum Gasteiger partial charge on any atom is 0.262 e. The van der Waals surface area contributed by atoms with Crippen molar-refractivity contribution >= 4 is 5.91 Å². The molecule has 44 valence electrons. The number of rotatable bonds is 0. The lowest BCUT2D eigenvalue weighted by Gasteiger charge is -2.11. The molecule has 1 unspecified atom stereocenters. The van der Waals surface area contributed by atoms with Crippen molar-refractivity contribution in [2.75, 3.05) is 0 Å². The fourth-order valence-corrected chi connectivity index (χ4v) is 0.478. The highest BCUT2D eigenvalue weighted by Gasteiger charge is 2.18. The molecule has 1 atom stereocenters. The second-order valence-electron chi connectivity index (χ2n) is 1.52. The van der Waals surface area contributed by atoms with Gasteiger partial charge in [0.1, 0.15) is 0 Å². The highest BCUT2D eigenvalue weighted by molar-refractivity contribution is 5.89. The minimum atomic E-state index is -0.928. The summed E-state index contributed by atoms with van der Waals surface area (Å²) in [4.78, 5) is 10.3. The molecule has 0 saturated heterocycles. The van der Waals surface area contributed by atoms with E-state index in [-0.39, 0.29) is 5.91 Å². The summed E-state index contributed by atoms with van der Waals surface area (Å²) in [5, 5.41) is 9.41. The number of amides is 1. The number of nitrogens with zero attached hydrogens (tertiary/aromatic N) is 1. The van der Waals surface area contributed by atoms with E-state index >= 15 is 0 Å². The van der Waals surface area contributed by atoms with Crippen LogP contribution in [0, 0.1) is 0 Å². The molecule has 0 fully saturated rings. The largest absolute Gasteiger partial charge is 0.369 e. The zero-order chi connectivity index (χ0) is 6.15. The van der Waals surface area contributed by atoms with E-state index < -0.39 is 6.23 Å². The van der Waals surface area contributed by atoms with E-state index in [0.717, 1.165) is 5.01 Å². The Kier molecular flexibility index (Phi) is 1.04. The van der Waals surface area contributed by atoms with Crippen LogP contribution in [-0.2, 0) is 4.79 Å². The molecule has 1 aliphatic heterocycles. The van der Waals surface area contributed by atoms with Gasteiger partial charge in [-0.15, -0.1) is 0 Å². The lowest BCUT2D eigenvalue weighted by atomic mass is 10.5. The van der Waals surface area contributed by atoms with Crippen molar-refractivity contribution in [1.82, 2.24) is 5.01 Å². The summed E-state index contributed by atoms with van der Waals surface area (Å²) in [5.41, 5.74) is 0. The molecule has 0 aromatic rings. The maximum atomic E-state index is 10.3. The summed E-state index contributed by atoms with van der Waals surface area (Å²) in [5.74, 6) is 4.63. The molecule has 8 heavy (non-hydrogen) atoms. The lowest BCUT2D eigenvalue weighted by Crippen LogP contribution is -2.39. The Morgan fingerprint density at radius 3 is 2.62 bits per heavy atom. The van der Waals surface area contributed by atoms with Crippen LogP contribution in [0.25, 0.3) is 0 Å². The SMILES string of the molecule is NN1C(=O)C=CC1O. The average molecular weight is 114 g/mol. The Morgan fingerprint density at radius 2 is 2.50 bits per heavy atom. The topological polar surface area (TPSA) is 66.6 Å². The highest BCUT2D eigenvalue weighted by Crippen LogP contribution is 2.00. The van der Waals surface area contributed by atoms with E-state index in [1.165, 1.54) is 12.2 Å². The van der Waals surface area contributed by atoms with Gasteiger partial charge in [-0.2, -0.15) is 0 Å². The van der Waals surface area contributed by atoms with Gasteiger partial charge in [-0.05, 0) is 6.08 Å². The molecular weight excluding hydrogens is 108 g/mol. The van der Waals surface area contributed by atoms with Crippen LogP contribution in [0.5, 0.6) is 0 Å². The summed E-state index contributed by atoms with van der Waals surface area (Å²) in [6.45, 7) is 0. The van der Waals surface area contributed by atoms with Gasteiger partial charge < -0.3 is 5.11 Å². The molecular formula is C4H6N2O2. The molecule has 0 spiro atoms. The van der Waals surface area contributed by atoms with Gasteiger partial charge in [0.2, 0.25) is 0 Å². The normalized spacial score (nSPS) is 27.5. The smallest absolute Gasteiger partial charge is 0.262 e. The molecule has 1 amide bonds. The molecule has 0 aromatic heterocycles. The van der Waals surface area contributed by atoms with Crippen LogP contribution in [0.1, 0.15) is 0 Å². The molecule has 0 saturated carbocycles. The van der Waals surface area contributed by atoms with Gasteiger partial charge >= 0.3 is 0 Å². The van der Waals surface area contributed by atoms with Crippen LogP contribution >= 0.6 is 0 Å². The van der Waals surface area contributed by atoms with Crippen LogP contribution < -0.4 is 5.84 Å². The molecule has 1 aliphatic rings. The van der Waals surface area contributed by atoms with Crippen LogP contribution in [-0.4, -0.2) is 22.3 Å². The van der Waals surface area contributed by atoms with Gasteiger partial charge in [-0.25, -0.2) is 10.9 Å². The van der Waals surface area contributed by atoms with E-state index in [2.05, 4.69) is 0 Å². The molecule has 0 aromatic carbocycles. The number of aliphatic hydroxyl groups is 1. The minimum absolute atomic E-state index is 0.363. The number of hydrogen-bond acceptors (Lipinski definition) is 3. The van der Waals surface area contributed by atoms with Crippen molar-refractivity contribution in [3.8, 4) is 0 Å². The zero-order valence-electron chi connectivity index (χ0n) is 4.11. The fourth-order valence-electron chi connectivity index (χ4n) is 0.478. The summed E-state index contributed by atoms with van der Waals surface area (Å²) in [7, 11) is 0. The summed E-state index contributed by atoms with van der Waals surface area (Å²) in [6, 6.07) is 0. The van der Waals surface area contributed by atoms with E-state index in [1.807, 2.05) is 0 Å². The van der Waals surface area contributed by atoms with E-state index in [1.54, 1.807) is 0 Å². The van der Waals surface area contributed by atoms with Crippen molar-refractivity contribution in [2.24, 2.45) is 5.84 Å². The molecule has 0 bridgehead atoms. The Hall–Kier alpha value is -0.870. The number of carbonyl (C=O) groups excluding carboxylic acids is 1. The minimum Gasteiger partial charge on any atom is -0.369 e. The predicted octanol–water partition coefficient (Wildman–Crippen LogP) is -1.42. The number of hydrogen-bond donors (Lipinski definition) is 2. The first-order valence-electron chi connectivity index (χ1n) is 2.16. The van der Waals surface area contributed by atoms with Gasteiger partial charge in [0.05, 0.1) is 0 Å².